The van der Waals surface area contributed by atoms with Gasteiger partial charge in [0.25, 0.3) is 11.6 Å². The summed E-state index contributed by atoms with van der Waals surface area (Å²) in [5, 5.41) is 11.0. The van der Waals surface area contributed by atoms with Crippen LogP contribution in [-0.2, 0) is 22.6 Å². The van der Waals surface area contributed by atoms with Gasteiger partial charge < -0.3 is 19.1 Å². The first-order chi connectivity index (χ1) is 18.3. The molecule has 2 aromatic carbocycles. The zero-order chi connectivity index (χ0) is 27.5. The third-order valence-corrected chi connectivity index (χ3v) is 6.35. The van der Waals surface area contributed by atoms with Crippen molar-refractivity contribution in [3.05, 3.63) is 99.4 Å². The predicted octanol–water partition coefficient (Wildman–Crippen LogP) is 4.67. The molecule has 1 heterocycles. The number of ether oxygens (including phenoxy) is 1. The molecule has 0 saturated heterocycles. The Balaban J connectivity index is 1.76. The highest BCUT2D eigenvalue weighted by atomic mass is 16.6. The van der Waals surface area contributed by atoms with E-state index in [0.717, 1.165) is 18.5 Å². The van der Waals surface area contributed by atoms with E-state index in [1.54, 1.807) is 4.90 Å². The van der Waals surface area contributed by atoms with Crippen molar-refractivity contribution in [1.82, 2.24) is 14.4 Å². The molecule has 0 aliphatic carbocycles. The van der Waals surface area contributed by atoms with E-state index in [9.17, 15) is 19.7 Å². The van der Waals surface area contributed by atoms with Crippen molar-refractivity contribution in [2.45, 2.75) is 39.8 Å². The van der Waals surface area contributed by atoms with Gasteiger partial charge in [-0.25, -0.2) is 0 Å². The number of carbonyl (C=O) groups excluding carboxylic acids is 2. The number of aryl methyl sites for hydroxylation is 1. The molecule has 0 spiro atoms. The number of unbranched alkanes of at least 4 members (excludes halogenated alkanes) is 1. The van der Waals surface area contributed by atoms with Gasteiger partial charge in [0.2, 0.25) is 5.91 Å². The van der Waals surface area contributed by atoms with E-state index in [1.807, 2.05) is 24.4 Å². The summed E-state index contributed by atoms with van der Waals surface area (Å²) in [5.74, 6) is -0.531. The molecule has 38 heavy (non-hydrogen) atoms. The summed E-state index contributed by atoms with van der Waals surface area (Å²) in [6.45, 7) is 6.24. The van der Waals surface area contributed by atoms with Crippen LogP contribution in [0.5, 0.6) is 0 Å². The molecule has 9 nitrogen and oxygen atoms in total. The first-order valence-electron chi connectivity index (χ1n) is 12.8. The van der Waals surface area contributed by atoms with Crippen LogP contribution in [0.4, 0.5) is 5.69 Å². The van der Waals surface area contributed by atoms with Gasteiger partial charge in [0.15, 0.2) is 0 Å². The summed E-state index contributed by atoms with van der Waals surface area (Å²) in [6.07, 6.45) is 3.80. The molecule has 0 saturated carbocycles. The summed E-state index contributed by atoms with van der Waals surface area (Å²) in [6, 6.07) is 17.8. The van der Waals surface area contributed by atoms with Crippen LogP contribution in [-0.4, -0.2) is 64.5 Å². The molecule has 0 N–H and O–H groups in total. The van der Waals surface area contributed by atoms with E-state index in [-0.39, 0.29) is 42.8 Å². The Kier molecular flexibility index (Phi) is 10.6. The fraction of sp³-hybridized carbons (Fsp3) is 0.379. The van der Waals surface area contributed by atoms with Crippen molar-refractivity contribution < 1.29 is 19.2 Å². The maximum absolute atomic E-state index is 13.5. The van der Waals surface area contributed by atoms with Crippen LogP contribution in [0.15, 0.2) is 66.9 Å². The minimum atomic E-state index is -0.513. The van der Waals surface area contributed by atoms with Gasteiger partial charge in [-0.3, -0.25) is 19.7 Å². The van der Waals surface area contributed by atoms with E-state index in [2.05, 4.69) is 36.6 Å². The zero-order valence-corrected chi connectivity index (χ0v) is 22.3. The van der Waals surface area contributed by atoms with Crippen molar-refractivity contribution in [3.63, 3.8) is 0 Å². The monoisotopic (exact) mass is 520 g/mol. The van der Waals surface area contributed by atoms with Gasteiger partial charge >= 0.3 is 0 Å². The van der Waals surface area contributed by atoms with Crippen LogP contribution in [0.1, 0.15) is 46.9 Å². The molecule has 0 aliphatic heterocycles. The van der Waals surface area contributed by atoms with E-state index in [1.165, 1.54) is 47.4 Å². The molecule has 0 unspecified atom stereocenters. The third kappa shape index (κ3) is 8.01. The first-order valence-corrected chi connectivity index (χ1v) is 12.8. The van der Waals surface area contributed by atoms with Gasteiger partial charge in [-0.1, -0.05) is 43.2 Å². The van der Waals surface area contributed by atoms with Gasteiger partial charge in [-0.05, 0) is 43.2 Å². The summed E-state index contributed by atoms with van der Waals surface area (Å²) < 4.78 is 7.31. The molecule has 0 bridgehead atoms. The number of benzene rings is 2. The second-order valence-electron chi connectivity index (χ2n) is 9.31. The summed E-state index contributed by atoms with van der Waals surface area (Å²) in [5.41, 5.74) is 3.59. The van der Waals surface area contributed by atoms with E-state index in [4.69, 9.17) is 4.74 Å². The lowest BCUT2D eigenvalue weighted by atomic mass is 10.1. The van der Waals surface area contributed by atoms with Gasteiger partial charge in [-0.2, -0.15) is 0 Å². The van der Waals surface area contributed by atoms with Gasteiger partial charge in [0.05, 0.1) is 18.1 Å². The number of nitro benzene ring substituents is 1. The SMILES string of the molecule is CCCCN(Cc1cccn1Cc1cccc(C)c1)C(=O)CN(CCOC)C(=O)c1ccc([N+](=O)[O-])cc1. The molecular weight excluding hydrogens is 484 g/mol. The Labute approximate surface area is 223 Å². The normalized spacial score (nSPS) is 10.8. The number of amides is 2. The molecule has 3 aromatic rings. The van der Waals surface area contributed by atoms with Crippen LogP contribution in [0.3, 0.4) is 0 Å². The summed E-state index contributed by atoms with van der Waals surface area (Å²) in [4.78, 5) is 40.5. The number of nitro groups is 1. The van der Waals surface area contributed by atoms with E-state index in [0.29, 0.717) is 19.6 Å². The summed E-state index contributed by atoms with van der Waals surface area (Å²) in [7, 11) is 1.53. The molecule has 0 atom stereocenters. The number of non-ortho nitro benzene ring substituents is 1. The molecule has 1 aromatic heterocycles. The Morgan fingerprint density at radius 1 is 1.03 bits per heavy atom. The Hall–Kier alpha value is -3.98. The Morgan fingerprint density at radius 2 is 1.79 bits per heavy atom. The van der Waals surface area contributed by atoms with E-state index >= 15 is 0 Å². The maximum atomic E-state index is 13.5. The molecule has 0 radical (unpaired) electrons. The van der Waals surface area contributed by atoms with Crippen molar-refractivity contribution in [2.75, 3.05) is 33.4 Å². The van der Waals surface area contributed by atoms with Crippen LogP contribution in [0.2, 0.25) is 0 Å². The molecule has 9 heteroatoms. The molecule has 2 amide bonds. The van der Waals surface area contributed by atoms with Crippen LogP contribution in [0, 0.1) is 17.0 Å². The minimum absolute atomic E-state index is 0.0968. The fourth-order valence-electron chi connectivity index (χ4n) is 4.22. The van der Waals surface area contributed by atoms with Crippen LogP contribution in [0.25, 0.3) is 0 Å². The maximum Gasteiger partial charge on any atom is 0.269 e. The highest BCUT2D eigenvalue weighted by Crippen LogP contribution is 2.16. The smallest absolute Gasteiger partial charge is 0.269 e. The number of nitrogens with zero attached hydrogens (tertiary/aromatic N) is 4. The van der Waals surface area contributed by atoms with Gasteiger partial charge in [0, 0.05) is 56.3 Å². The van der Waals surface area contributed by atoms with E-state index < -0.39 is 4.92 Å². The quantitative estimate of drug-likeness (QED) is 0.227. The average molecular weight is 521 g/mol. The van der Waals surface area contributed by atoms with Crippen molar-refractivity contribution >= 4 is 17.5 Å². The standard InChI is InChI=1S/C29H36N4O5/c1-4-5-15-31(21-27-10-7-16-30(27)20-24-9-6-8-23(2)19-24)28(34)22-32(17-18-38-3)29(35)25-11-13-26(14-12-25)33(36)37/h6-14,16,19H,4-5,15,17-18,20-22H2,1-3H3. The number of carbonyl (C=O) groups is 2. The summed E-state index contributed by atoms with van der Waals surface area (Å²) >= 11 is 0. The molecule has 202 valence electrons. The third-order valence-electron chi connectivity index (χ3n) is 6.35. The molecule has 0 aliphatic rings. The highest BCUT2D eigenvalue weighted by Gasteiger charge is 2.23. The lowest BCUT2D eigenvalue weighted by molar-refractivity contribution is -0.384. The lowest BCUT2D eigenvalue weighted by Crippen LogP contribution is -2.44. The average Bonchev–Trinajstić information content (AvgIpc) is 3.34. The van der Waals surface area contributed by atoms with Gasteiger partial charge in [0.1, 0.15) is 6.54 Å². The Bertz CT molecular complexity index is 1220. The van der Waals surface area contributed by atoms with Gasteiger partial charge in [-0.15, -0.1) is 0 Å². The fourth-order valence-corrected chi connectivity index (χ4v) is 4.22. The Morgan fingerprint density at radius 3 is 2.45 bits per heavy atom. The minimum Gasteiger partial charge on any atom is -0.383 e. The highest BCUT2D eigenvalue weighted by molar-refractivity contribution is 5.96. The lowest BCUT2D eigenvalue weighted by Gasteiger charge is -2.28. The zero-order valence-electron chi connectivity index (χ0n) is 22.3. The largest absolute Gasteiger partial charge is 0.383 e. The molecular formula is C29H36N4O5. The van der Waals surface area contributed by atoms with Crippen LogP contribution < -0.4 is 0 Å². The van der Waals surface area contributed by atoms with Crippen LogP contribution >= 0.6 is 0 Å². The van der Waals surface area contributed by atoms with Crippen molar-refractivity contribution in [3.8, 4) is 0 Å². The second kappa shape index (κ2) is 14.1. The predicted molar refractivity (Wildman–Crippen MR) is 146 cm³/mol. The number of hydrogen-bond donors (Lipinski definition) is 0. The van der Waals surface area contributed by atoms with Crippen molar-refractivity contribution in [1.29, 1.82) is 0 Å². The number of rotatable bonds is 14. The topological polar surface area (TPSA) is 97.9 Å². The number of methoxy groups -OCH3 is 1. The second-order valence-corrected chi connectivity index (χ2v) is 9.31. The number of hydrogen-bond acceptors (Lipinski definition) is 5. The molecule has 3 rings (SSSR count). The van der Waals surface area contributed by atoms with Crippen molar-refractivity contribution in [2.24, 2.45) is 0 Å². The first kappa shape index (κ1) is 28.6. The molecule has 0 fully saturated rings. The number of aromatic nitrogens is 1.